The molecule has 2 aromatic carbocycles. The molecule has 5 nitrogen and oxygen atoms in total. The van der Waals surface area contributed by atoms with Gasteiger partial charge in [-0.15, -0.1) is 0 Å². The van der Waals surface area contributed by atoms with E-state index in [4.69, 9.17) is 10.5 Å². The predicted molar refractivity (Wildman–Crippen MR) is 137 cm³/mol. The fraction of sp³-hybridized carbons (Fsp3) is 0.444. The number of carbonyl (C=O) groups is 1. The quantitative estimate of drug-likeness (QED) is 0.0945. The summed E-state index contributed by atoms with van der Waals surface area (Å²) in [7, 11) is 0. The molecule has 0 spiro atoms. The highest BCUT2D eigenvalue weighted by molar-refractivity contribution is 8.04. The van der Waals surface area contributed by atoms with Gasteiger partial charge in [-0.2, -0.15) is 0 Å². The maximum absolute atomic E-state index is 13.0. The van der Waals surface area contributed by atoms with Crippen molar-refractivity contribution in [2.45, 2.75) is 71.1 Å². The van der Waals surface area contributed by atoms with Gasteiger partial charge in [-0.3, -0.25) is 0 Å². The van der Waals surface area contributed by atoms with Gasteiger partial charge in [-0.25, -0.2) is 4.79 Å². The van der Waals surface area contributed by atoms with Crippen LogP contribution in [0.3, 0.4) is 0 Å². The summed E-state index contributed by atoms with van der Waals surface area (Å²) in [5, 5.41) is 20.2. The Morgan fingerprint density at radius 3 is 2.36 bits per heavy atom. The zero-order valence-corrected chi connectivity index (χ0v) is 21.4. The van der Waals surface area contributed by atoms with Crippen LogP contribution < -0.4 is 5.73 Å². The van der Waals surface area contributed by atoms with E-state index in [9.17, 15) is 15.0 Å². The van der Waals surface area contributed by atoms with E-state index in [0.717, 1.165) is 28.0 Å². The Kier molecular flexibility index (Phi) is 9.29. The molecular weight excluding hydrogens is 434 g/mol. The van der Waals surface area contributed by atoms with Gasteiger partial charge in [0.25, 0.3) is 0 Å². The van der Waals surface area contributed by atoms with Crippen LogP contribution in [0.5, 0.6) is 5.75 Å². The molecule has 0 radical (unpaired) electrons. The molecule has 0 aliphatic carbocycles. The topological polar surface area (TPSA) is 92.8 Å². The number of ether oxygens (including phenoxy) is 1. The van der Waals surface area contributed by atoms with Crippen molar-refractivity contribution < 1.29 is 19.7 Å². The molecule has 0 saturated carbocycles. The number of aliphatic hydroxyl groups excluding tert-OH is 1. The first-order chi connectivity index (χ1) is 15.4. The molecule has 0 saturated heterocycles. The summed E-state index contributed by atoms with van der Waals surface area (Å²) in [6.07, 6.45) is 1.76. The van der Waals surface area contributed by atoms with E-state index in [1.54, 1.807) is 12.1 Å². The lowest BCUT2D eigenvalue weighted by Gasteiger charge is -2.24. The van der Waals surface area contributed by atoms with Crippen molar-refractivity contribution in [2.75, 3.05) is 12.3 Å². The zero-order valence-electron chi connectivity index (χ0n) is 20.6. The SMILES string of the molecule is Cc1cc(S/C(C(=O)OCCCc2ccc(O)cc2)=C(\O)CC(C)C)c(C(C)(C)C)cc1N. The van der Waals surface area contributed by atoms with Crippen LogP contribution in [0.4, 0.5) is 5.69 Å². The molecule has 0 aliphatic rings. The van der Waals surface area contributed by atoms with Gasteiger partial charge in [0.1, 0.15) is 16.4 Å². The monoisotopic (exact) mass is 471 g/mol. The van der Waals surface area contributed by atoms with E-state index in [1.807, 2.05) is 45.0 Å². The molecule has 0 unspecified atom stereocenters. The fourth-order valence-corrected chi connectivity index (χ4v) is 4.62. The number of anilines is 1. The van der Waals surface area contributed by atoms with Crippen LogP contribution >= 0.6 is 11.8 Å². The number of carbonyl (C=O) groups excluding carboxylic acids is 1. The second-order valence-corrected chi connectivity index (χ2v) is 10.9. The summed E-state index contributed by atoms with van der Waals surface area (Å²) in [5.41, 5.74) is 9.69. The van der Waals surface area contributed by atoms with Crippen LogP contribution in [-0.4, -0.2) is 22.8 Å². The number of allylic oxidation sites excluding steroid dienone is 1. The summed E-state index contributed by atoms with van der Waals surface area (Å²) in [6.45, 7) is 12.5. The Bertz CT molecular complexity index is 988. The van der Waals surface area contributed by atoms with Gasteiger partial charge in [0.2, 0.25) is 0 Å². The summed E-state index contributed by atoms with van der Waals surface area (Å²) in [4.78, 5) is 14.1. The summed E-state index contributed by atoms with van der Waals surface area (Å²) < 4.78 is 5.55. The molecule has 0 amide bonds. The Morgan fingerprint density at radius 1 is 1.15 bits per heavy atom. The van der Waals surface area contributed by atoms with Crippen LogP contribution in [0.25, 0.3) is 0 Å². The number of nitrogens with two attached hydrogens (primary N) is 1. The maximum Gasteiger partial charge on any atom is 0.348 e. The van der Waals surface area contributed by atoms with Gasteiger partial charge in [0.05, 0.1) is 6.61 Å². The normalized spacial score (nSPS) is 12.6. The van der Waals surface area contributed by atoms with E-state index in [2.05, 4.69) is 20.8 Å². The predicted octanol–water partition coefficient (Wildman–Crippen LogP) is 6.66. The number of esters is 1. The average Bonchev–Trinajstić information content (AvgIpc) is 2.71. The van der Waals surface area contributed by atoms with Crippen molar-refractivity contribution in [3.05, 3.63) is 63.8 Å². The van der Waals surface area contributed by atoms with Gasteiger partial charge >= 0.3 is 5.97 Å². The first-order valence-corrected chi connectivity index (χ1v) is 12.2. The number of aryl methyl sites for hydroxylation is 2. The Labute approximate surface area is 202 Å². The number of phenols is 1. The average molecular weight is 472 g/mol. The Balaban J connectivity index is 2.21. The lowest BCUT2D eigenvalue weighted by molar-refractivity contribution is -0.138. The smallest absolute Gasteiger partial charge is 0.348 e. The summed E-state index contributed by atoms with van der Waals surface area (Å²) in [5.74, 6) is -0.0469. The number of rotatable bonds is 9. The molecule has 2 rings (SSSR count). The van der Waals surface area contributed by atoms with Crippen molar-refractivity contribution in [3.8, 4) is 5.75 Å². The van der Waals surface area contributed by atoms with Crippen molar-refractivity contribution >= 4 is 23.4 Å². The van der Waals surface area contributed by atoms with E-state index in [-0.39, 0.29) is 34.4 Å². The summed E-state index contributed by atoms with van der Waals surface area (Å²) in [6, 6.07) is 10.9. The van der Waals surface area contributed by atoms with Gasteiger partial charge in [-0.1, -0.05) is 58.5 Å². The van der Waals surface area contributed by atoms with Crippen LogP contribution in [0.2, 0.25) is 0 Å². The van der Waals surface area contributed by atoms with Crippen LogP contribution in [0.1, 0.15) is 64.2 Å². The summed E-state index contributed by atoms with van der Waals surface area (Å²) >= 11 is 1.25. The minimum atomic E-state index is -0.516. The molecule has 180 valence electrons. The minimum Gasteiger partial charge on any atom is -0.511 e. The minimum absolute atomic E-state index is 0.0490. The molecular formula is C27H37NO4S. The van der Waals surface area contributed by atoms with Gasteiger partial charge < -0.3 is 20.7 Å². The Morgan fingerprint density at radius 2 is 1.79 bits per heavy atom. The van der Waals surface area contributed by atoms with Gasteiger partial charge in [0, 0.05) is 17.0 Å². The van der Waals surface area contributed by atoms with Crippen LogP contribution in [0, 0.1) is 12.8 Å². The molecule has 0 heterocycles. The highest BCUT2D eigenvalue weighted by Crippen LogP contribution is 2.40. The maximum atomic E-state index is 13.0. The number of aliphatic hydroxyl groups is 1. The molecule has 6 heteroatoms. The molecule has 0 fully saturated rings. The largest absolute Gasteiger partial charge is 0.511 e. The van der Waals surface area contributed by atoms with Crippen molar-refractivity contribution in [1.29, 1.82) is 0 Å². The number of aromatic hydroxyl groups is 1. The highest BCUT2D eigenvalue weighted by atomic mass is 32.2. The lowest BCUT2D eigenvalue weighted by Crippen LogP contribution is -2.15. The highest BCUT2D eigenvalue weighted by Gasteiger charge is 2.25. The molecule has 0 bridgehead atoms. The molecule has 0 aromatic heterocycles. The third-order valence-corrected chi connectivity index (χ3v) is 6.38. The van der Waals surface area contributed by atoms with Crippen molar-refractivity contribution in [1.82, 2.24) is 0 Å². The first-order valence-electron chi connectivity index (χ1n) is 11.3. The molecule has 2 aromatic rings. The standard InChI is InChI=1S/C27H37NO4S/c1-17(2)14-23(30)25(26(31)32-13-7-8-19-9-11-20(29)12-10-19)33-24-15-18(3)22(28)16-21(24)27(4,5)6/h9-12,15-17,29-30H,7-8,13-14,28H2,1-6H3/b25-23-. The van der Waals surface area contributed by atoms with Crippen molar-refractivity contribution in [3.63, 3.8) is 0 Å². The van der Waals surface area contributed by atoms with E-state index >= 15 is 0 Å². The molecule has 0 aliphatic heterocycles. The van der Waals surface area contributed by atoms with Crippen LogP contribution in [-0.2, 0) is 21.4 Å². The number of hydrogen-bond donors (Lipinski definition) is 3. The number of hydrogen-bond acceptors (Lipinski definition) is 6. The number of phenolic OH excluding ortho intramolecular Hbond substituents is 1. The van der Waals surface area contributed by atoms with E-state index in [1.165, 1.54) is 11.8 Å². The van der Waals surface area contributed by atoms with Crippen molar-refractivity contribution in [2.24, 2.45) is 5.92 Å². The van der Waals surface area contributed by atoms with E-state index in [0.29, 0.717) is 18.5 Å². The number of benzene rings is 2. The molecule has 33 heavy (non-hydrogen) atoms. The first kappa shape index (κ1) is 26.7. The second kappa shape index (κ2) is 11.5. The third-order valence-electron chi connectivity index (χ3n) is 5.22. The number of nitrogen functional groups attached to an aromatic ring is 1. The Hall–Kier alpha value is -2.60. The zero-order chi connectivity index (χ0) is 24.8. The van der Waals surface area contributed by atoms with Gasteiger partial charge in [0.15, 0.2) is 0 Å². The van der Waals surface area contributed by atoms with Crippen LogP contribution in [0.15, 0.2) is 52.0 Å². The van der Waals surface area contributed by atoms with E-state index < -0.39 is 5.97 Å². The molecule has 4 N–H and O–H groups in total. The molecule has 0 atom stereocenters. The third kappa shape index (κ3) is 8.04. The fourth-order valence-electron chi connectivity index (χ4n) is 3.35. The second-order valence-electron chi connectivity index (χ2n) is 9.84. The van der Waals surface area contributed by atoms with Gasteiger partial charge in [-0.05, 0) is 72.1 Å². The number of thioether (sulfide) groups is 1. The lowest BCUT2D eigenvalue weighted by atomic mass is 9.86.